The van der Waals surface area contributed by atoms with Crippen LogP contribution in [0.1, 0.15) is 44.1 Å². The number of nitrogens with two attached hydrogens (primary N) is 1. The van der Waals surface area contributed by atoms with Crippen LogP contribution in [0.25, 0.3) is 17.2 Å². The Labute approximate surface area is 199 Å². The quantitative estimate of drug-likeness (QED) is 0.400. The lowest BCUT2D eigenvalue weighted by molar-refractivity contribution is -0.119. The predicted molar refractivity (Wildman–Crippen MR) is 129 cm³/mol. The number of nitrogen functional groups attached to an aromatic ring is 1. The number of halogens is 1. The number of aromatic amines is 1. The molecule has 4 aromatic heterocycles. The van der Waals surface area contributed by atoms with Crippen LogP contribution in [0.2, 0.25) is 5.02 Å². The molecule has 0 aromatic carbocycles. The lowest BCUT2D eigenvalue weighted by atomic mass is 9.81. The maximum absolute atomic E-state index is 13.1. The van der Waals surface area contributed by atoms with E-state index < -0.39 is 10.8 Å². The molecule has 5 rings (SSSR count). The summed E-state index contributed by atoms with van der Waals surface area (Å²) < 4.78 is 1.88. The molecule has 5 heterocycles. The summed E-state index contributed by atoms with van der Waals surface area (Å²) in [5.74, 6) is 0.815. The first kappa shape index (κ1) is 22.0. The second-order valence-corrected chi connectivity index (χ2v) is 9.36. The lowest BCUT2D eigenvalue weighted by Gasteiger charge is -2.22. The van der Waals surface area contributed by atoms with Gasteiger partial charge in [-0.15, -0.1) is 0 Å². The van der Waals surface area contributed by atoms with Gasteiger partial charge in [-0.25, -0.2) is 19.9 Å². The highest BCUT2D eigenvalue weighted by Crippen LogP contribution is 2.44. The molecular formula is C23H23ClN8O2. The third-order valence-electron chi connectivity index (χ3n) is 6.16. The highest BCUT2D eigenvalue weighted by atomic mass is 35.5. The molecule has 0 saturated carbocycles. The normalized spacial score (nSPS) is 17.4. The number of aromatic nitrogens is 6. The molecule has 1 amide bonds. The van der Waals surface area contributed by atoms with E-state index in [0.717, 1.165) is 24.2 Å². The smallest absolute Gasteiger partial charge is 0.242 e. The van der Waals surface area contributed by atoms with Crippen LogP contribution < -0.4 is 16.5 Å². The number of hydrogen-bond donors (Lipinski definition) is 3. The number of fused-ring (bicyclic) bond motifs is 2. The Hall–Kier alpha value is -3.79. The molecule has 0 saturated heterocycles. The van der Waals surface area contributed by atoms with Gasteiger partial charge in [0, 0.05) is 36.5 Å². The van der Waals surface area contributed by atoms with E-state index in [1.54, 1.807) is 19.3 Å². The van der Waals surface area contributed by atoms with Gasteiger partial charge in [0.15, 0.2) is 16.9 Å². The topological polar surface area (TPSA) is 144 Å². The van der Waals surface area contributed by atoms with Crippen LogP contribution in [0.5, 0.6) is 0 Å². The molecule has 11 heteroatoms. The Morgan fingerprint density at radius 3 is 2.76 bits per heavy atom. The van der Waals surface area contributed by atoms with E-state index in [2.05, 4.69) is 39.1 Å². The fourth-order valence-corrected chi connectivity index (χ4v) is 4.33. The number of hydrogen-bond acceptors (Lipinski definition) is 7. The summed E-state index contributed by atoms with van der Waals surface area (Å²) in [4.78, 5) is 46.4. The van der Waals surface area contributed by atoms with Gasteiger partial charge in [0.1, 0.15) is 27.8 Å². The highest BCUT2D eigenvalue weighted by molar-refractivity contribution is 6.30. The first-order valence-electron chi connectivity index (χ1n) is 10.9. The van der Waals surface area contributed by atoms with E-state index in [-0.39, 0.29) is 28.4 Å². The van der Waals surface area contributed by atoms with Crippen LogP contribution in [0.4, 0.5) is 11.6 Å². The first-order chi connectivity index (χ1) is 16.2. The number of pyridine rings is 1. The number of rotatable bonds is 5. The van der Waals surface area contributed by atoms with Gasteiger partial charge < -0.3 is 20.4 Å². The Kier molecular flexibility index (Phi) is 5.12. The van der Waals surface area contributed by atoms with Crippen molar-refractivity contribution in [2.24, 2.45) is 5.92 Å². The van der Waals surface area contributed by atoms with E-state index in [1.807, 2.05) is 10.6 Å². The predicted octanol–water partition coefficient (Wildman–Crippen LogP) is 2.96. The van der Waals surface area contributed by atoms with Gasteiger partial charge in [-0.3, -0.25) is 9.59 Å². The van der Waals surface area contributed by atoms with Crippen molar-refractivity contribution in [3.63, 3.8) is 0 Å². The van der Waals surface area contributed by atoms with E-state index in [9.17, 15) is 9.59 Å². The van der Waals surface area contributed by atoms with Gasteiger partial charge in [0.05, 0.1) is 11.3 Å². The van der Waals surface area contributed by atoms with Crippen molar-refractivity contribution in [2.75, 3.05) is 11.1 Å². The van der Waals surface area contributed by atoms with Gasteiger partial charge in [-0.2, -0.15) is 0 Å². The molecule has 0 fully saturated rings. The van der Waals surface area contributed by atoms with Crippen LogP contribution in [-0.2, 0) is 16.6 Å². The molecular weight excluding hydrogens is 456 g/mol. The fraction of sp³-hybridized carbons (Fsp3) is 0.304. The number of nitrogens with zero attached hydrogens (tertiary/aromatic N) is 5. The van der Waals surface area contributed by atoms with Gasteiger partial charge in [0.2, 0.25) is 5.91 Å². The van der Waals surface area contributed by atoms with Crippen LogP contribution in [-0.4, -0.2) is 35.2 Å². The average Bonchev–Trinajstić information content (AvgIpc) is 3.36. The third kappa shape index (κ3) is 3.41. The minimum atomic E-state index is -1.29. The SMILES string of the molecule is CC(C)CCc1nc(-c2nc(N)c3c(n2)NC(=O)[C@]3(C)c2cc(=O)c(Cl)c[nH]2)cn2ccnc12. The van der Waals surface area contributed by atoms with Crippen molar-refractivity contribution in [1.29, 1.82) is 0 Å². The summed E-state index contributed by atoms with van der Waals surface area (Å²) in [6, 6.07) is 1.29. The number of anilines is 2. The largest absolute Gasteiger partial charge is 0.383 e. The Morgan fingerprint density at radius 1 is 1.24 bits per heavy atom. The standard InChI is InChI=1S/C23H23ClN8O2/c1-11(2)4-5-13-21-26-6-7-32(21)10-14(28-13)19-29-18(25)17-20(30-19)31-22(34)23(17,3)16-8-15(33)12(24)9-27-16/h6-11H,4-5H2,1-3H3,(H,27,33)(H3,25,29,30,31,34)/t23-/m1/s1. The molecule has 1 atom stereocenters. The second kappa shape index (κ2) is 7.91. The maximum atomic E-state index is 13.1. The molecule has 1 aliphatic heterocycles. The molecule has 4 aromatic rings. The number of nitrogens with one attached hydrogen (secondary N) is 2. The molecule has 0 radical (unpaired) electrons. The highest BCUT2D eigenvalue weighted by Gasteiger charge is 2.48. The van der Waals surface area contributed by atoms with E-state index in [0.29, 0.717) is 22.9 Å². The van der Waals surface area contributed by atoms with Crippen molar-refractivity contribution in [3.8, 4) is 11.5 Å². The fourth-order valence-electron chi connectivity index (χ4n) is 4.22. The minimum Gasteiger partial charge on any atom is -0.383 e. The van der Waals surface area contributed by atoms with Crippen LogP contribution >= 0.6 is 11.6 Å². The van der Waals surface area contributed by atoms with Gasteiger partial charge in [-0.1, -0.05) is 25.4 Å². The van der Waals surface area contributed by atoms with Gasteiger partial charge >= 0.3 is 0 Å². The molecule has 34 heavy (non-hydrogen) atoms. The van der Waals surface area contributed by atoms with Crippen molar-refractivity contribution >= 4 is 34.8 Å². The zero-order valence-electron chi connectivity index (χ0n) is 18.9. The molecule has 174 valence electrons. The minimum absolute atomic E-state index is 0.0276. The average molecular weight is 479 g/mol. The summed E-state index contributed by atoms with van der Waals surface area (Å²) in [6.07, 6.45) is 8.41. The summed E-state index contributed by atoms with van der Waals surface area (Å²) in [5.41, 5.74) is 7.56. The Morgan fingerprint density at radius 2 is 2.03 bits per heavy atom. The van der Waals surface area contributed by atoms with Gasteiger partial charge in [-0.05, 0) is 25.7 Å². The zero-order valence-corrected chi connectivity index (χ0v) is 19.6. The molecule has 0 bridgehead atoms. The Bertz CT molecular complexity index is 1510. The van der Waals surface area contributed by atoms with Crippen molar-refractivity contribution in [1.82, 2.24) is 29.3 Å². The zero-order chi connectivity index (χ0) is 24.2. The third-order valence-corrected chi connectivity index (χ3v) is 6.45. The van der Waals surface area contributed by atoms with Crippen molar-refractivity contribution in [3.05, 3.63) is 63.1 Å². The van der Waals surface area contributed by atoms with Crippen molar-refractivity contribution < 1.29 is 4.79 Å². The summed E-state index contributed by atoms with van der Waals surface area (Å²) in [5, 5.41) is 2.81. The van der Waals surface area contributed by atoms with Gasteiger partial charge in [0.25, 0.3) is 0 Å². The molecule has 0 unspecified atom stereocenters. The first-order valence-corrected chi connectivity index (χ1v) is 11.3. The monoisotopic (exact) mass is 478 g/mol. The number of carbonyl (C=O) groups is 1. The van der Waals surface area contributed by atoms with Crippen LogP contribution in [0, 0.1) is 5.92 Å². The number of H-pyrrole nitrogens is 1. The van der Waals surface area contributed by atoms with E-state index >= 15 is 0 Å². The van der Waals surface area contributed by atoms with Crippen LogP contribution in [0.15, 0.2) is 35.6 Å². The molecule has 4 N–H and O–H groups in total. The van der Waals surface area contributed by atoms with E-state index in [4.69, 9.17) is 22.3 Å². The number of amides is 1. The number of carbonyl (C=O) groups excluding carboxylic acids is 1. The molecule has 0 spiro atoms. The summed E-state index contributed by atoms with van der Waals surface area (Å²) in [7, 11) is 0. The molecule has 1 aliphatic rings. The van der Waals surface area contributed by atoms with Crippen molar-refractivity contribution in [2.45, 2.75) is 39.0 Å². The summed E-state index contributed by atoms with van der Waals surface area (Å²) in [6.45, 7) is 5.97. The van der Waals surface area contributed by atoms with Crippen LogP contribution in [0.3, 0.4) is 0 Å². The summed E-state index contributed by atoms with van der Waals surface area (Å²) >= 11 is 5.87. The lowest BCUT2D eigenvalue weighted by Crippen LogP contribution is -2.34. The number of imidazole rings is 1. The molecule has 0 aliphatic carbocycles. The maximum Gasteiger partial charge on any atom is 0.242 e. The van der Waals surface area contributed by atoms with E-state index in [1.165, 1.54) is 12.3 Å². The Balaban J connectivity index is 1.63. The molecule has 10 nitrogen and oxygen atoms in total. The number of aryl methyl sites for hydroxylation is 1. The second-order valence-electron chi connectivity index (χ2n) is 8.96.